The fourth-order valence-corrected chi connectivity index (χ4v) is 2.56. The molecule has 3 aromatic carbocycles. The first-order valence-electron chi connectivity index (χ1n) is 9.37. The number of benzene rings is 3. The summed E-state index contributed by atoms with van der Waals surface area (Å²) in [5.74, 6) is -2.72. The van der Waals surface area contributed by atoms with Gasteiger partial charge in [-0.15, -0.1) is 0 Å². The number of carboxylic acids is 3. The maximum absolute atomic E-state index is 10.6. The average molecular weight is 426 g/mol. The Kier molecular flexibility index (Phi) is 11.0. The minimum Gasteiger partial charge on any atom is -0.481 e. The van der Waals surface area contributed by atoms with Gasteiger partial charge in [-0.1, -0.05) is 72.8 Å². The zero-order valence-electron chi connectivity index (χ0n) is 16.8. The second-order valence-corrected chi connectivity index (χ2v) is 6.44. The fraction of sp³-hybridized carbons (Fsp3) is 0.174. The number of fused-ring (bicyclic) bond motifs is 1. The van der Waals surface area contributed by atoms with Gasteiger partial charge in [-0.05, 0) is 28.3 Å². The summed E-state index contributed by atoms with van der Waals surface area (Å²) in [6, 6.07) is 22.1. The smallest absolute Gasteiger partial charge is 0.320 e. The monoisotopic (exact) mass is 426 g/mol. The van der Waals surface area contributed by atoms with Crippen LogP contribution in [0.4, 0.5) is 0 Å². The zero-order chi connectivity index (χ0) is 23.2. The van der Waals surface area contributed by atoms with Crippen molar-refractivity contribution in [3.8, 4) is 0 Å². The van der Waals surface area contributed by atoms with Crippen LogP contribution in [-0.2, 0) is 27.2 Å². The molecule has 0 fully saturated rings. The highest BCUT2D eigenvalue weighted by Gasteiger charge is 2.11. The third-order valence-electron chi connectivity index (χ3n) is 4.01. The molecule has 0 aliphatic heterocycles. The lowest BCUT2D eigenvalue weighted by molar-refractivity contribution is -0.138. The largest absolute Gasteiger partial charge is 0.481 e. The number of carbonyl (C=O) groups is 3. The molecule has 3 aromatic rings. The molecule has 0 aliphatic rings. The summed E-state index contributed by atoms with van der Waals surface area (Å²) >= 11 is 0. The summed E-state index contributed by atoms with van der Waals surface area (Å²) in [6.45, 7) is -0.278. The molecule has 8 nitrogen and oxygen atoms in total. The molecule has 7 N–H and O–H groups in total. The van der Waals surface area contributed by atoms with Crippen molar-refractivity contribution in [2.45, 2.75) is 18.9 Å². The van der Waals surface area contributed by atoms with Crippen LogP contribution in [0, 0.1) is 0 Å². The van der Waals surface area contributed by atoms with Crippen LogP contribution in [0.25, 0.3) is 10.8 Å². The maximum Gasteiger partial charge on any atom is 0.320 e. The van der Waals surface area contributed by atoms with Crippen molar-refractivity contribution in [1.29, 1.82) is 0 Å². The van der Waals surface area contributed by atoms with Crippen molar-refractivity contribution in [3.05, 3.63) is 83.9 Å². The fourth-order valence-electron chi connectivity index (χ4n) is 2.56. The van der Waals surface area contributed by atoms with Gasteiger partial charge in [-0.25, -0.2) is 0 Å². The van der Waals surface area contributed by atoms with Gasteiger partial charge < -0.3 is 26.8 Å². The van der Waals surface area contributed by atoms with Crippen LogP contribution in [0.15, 0.2) is 72.8 Å². The molecule has 31 heavy (non-hydrogen) atoms. The number of carboxylic acid groups (broad SMARTS) is 3. The predicted octanol–water partition coefficient (Wildman–Crippen LogP) is 2.14. The van der Waals surface area contributed by atoms with Gasteiger partial charge in [0, 0.05) is 0 Å². The highest BCUT2D eigenvalue weighted by molar-refractivity contribution is 5.88. The van der Waals surface area contributed by atoms with E-state index in [1.807, 2.05) is 72.8 Å². The van der Waals surface area contributed by atoms with Gasteiger partial charge in [0.15, 0.2) is 0 Å². The van der Waals surface area contributed by atoms with Gasteiger partial charge in [0.25, 0.3) is 0 Å². The Morgan fingerprint density at radius 2 is 1.32 bits per heavy atom. The van der Waals surface area contributed by atoms with Crippen molar-refractivity contribution in [3.63, 3.8) is 0 Å². The van der Waals surface area contributed by atoms with E-state index in [0.29, 0.717) is 6.42 Å². The minimum absolute atomic E-state index is 0.0847. The van der Waals surface area contributed by atoms with E-state index in [2.05, 4.69) is 5.73 Å². The first kappa shape index (κ1) is 25.3. The Balaban J connectivity index is 0.000000259. The van der Waals surface area contributed by atoms with Gasteiger partial charge in [0.05, 0.1) is 13.0 Å². The zero-order valence-corrected chi connectivity index (χ0v) is 16.8. The molecule has 0 aliphatic carbocycles. The summed E-state index contributed by atoms with van der Waals surface area (Å²) in [6.07, 6.45) is 0.470. The van der Waals surface area contributed by atoms with Gasteiger partial charge >= 0.3 is 17.9 Å². The summed E-state index contributed by atoms with van der Waals surface area (Å²) in [7, 11) is 0. The van der Waals surface area contributed by atoms with Crippen LogP contribution in [0.2, 0.25) is 0 Å². The summed E-state index contributed by atoms with van der Waals surface area (Å²) in [5.41, 5.74) is 11.7. The van der Waals surface area contributed by atoms with Crippen molar-refractivity contribution in [1.82, 2.24) is 0 Å². The van der Waals surface area contributed by atoms with Crippen LogP contribution >= 0.6 is 0 Å². The summed E-state index contributed by atoms with van der Waals surface area (Å²) in [5, 5.41) is 27.0. The van der Waals surface area contributed by atoms with E-state index in [0.717, 1.165) is 21.9 Å². The molecule has 0 radical (unpaired) electrons. The number of hydrogen-bond acceptors (Lipinski definition) is 5. The highest BCUT2D eigenvalue weighted by Crippen LogP contribution is 2.18. The van der Waals surface area contributed by atoms with E-state index in [4.69, 9.17) is 21.1 Å². The lowest BCUT2D eigenvalue weighted by Gasteiger charge is -2.04. The van der Waals surface area contributed by atoms with Crippen LogP contribution in [0.3, 0.4) is 0 Å². The molecule has 1 unspecified atom stereocenters. The summed E-state index contributed by atoms with van der Waals surface area (Å²) in [4.78, 5) is 30.2. The second kappa shape index (κ2) is 13.5. The molecule has 164 valence electrons. The molecule has 0 saturated heterocycles. The van der Waals surface area contributed by atoms with Crippen molar-refractivity contribution < 1.29 is 29.7 Å². The molecule has 0 aromatic heterocycles. The van der Waals surface area contributed by atoms with Crippen LogP contribution in [0.5, 0.6) is 0 Å². The van der Waals surface area contributed by atoms with E-state index >= 15 is 0 Å². The van der Waals surface area contributed by atoms with Crippen LogP contribution in [-0.4, -0.2) is 45.8 Å². The first-order valence-corrected chi connectivity index (χ1v) is 9.37. The Hall–Kier alpha value is -3.75. The molecular formula is C23H26N2O6. The summed E-state index contributed by atoms with van der Waals surface area (Å²) < 4.78 is 0. The Morgan fingerprint density at radius 3 is 1.87 bits per heavy atom. The number of rotatable bonds is 6. The molecule has 8 heteroatoms. The molecule has 0 saturated carbocycles. The van der Waals surface area contributed by atoms with E-state index in [1.165, 1.54) is 0 Å². The average Bonchev–Trinajstić information content (AvgIpc) is 2.75. The quantitative estimate of drug-likeness (QED) is 0.400. The molecule has 0 amide bonds. The van der Waals surface area contributed by atoms with E-state index in [1.54, 1.807) is 0 Å². The lowest BCUT2D eigenvalue weighted by Crippen LogP contribution is -2.32. The lowest BCUT2D eigenvalue weighted by atomic mass is 10.0. The van der Waals surface area contributed by atoms with E-state index in [-0.39, 0.29) is 13.0 Å². The van der Waals surface area contributed by atoms with Crippen molar-refractivity contribution >= 4 is 28.7 Å². The number of aliphatic carboxylic acids is 3. The Bertz CT molecular complexity index is 986. The normalized spacial score (nSPS) is 10.6. The van der Waals surface area contributed by atoms with Gasteiger partial charge in [0.2, 0.25) is 0 Å². The minimum atomic E-state index is -0.968. The molecule has 0 spiro atoms. The van der Waals surface area contributed by atoms with Crippen molar-refractivity contribution in [2.75, 3.05) is 6.54 Å². The predicted molar refractivity (Wildman–Crippen MR) is 118 cm³/mol. The van der Waals surface area contributed by atoms with Gasteiger partial charge in [-0.3, -0.25) is 14.4 Å². The highest BCUT2D eigenvalue weighted by atomic mass is 16.4. The van der Waals surface area contributed by atoms with Gasteiger partial charge in [-0.2, -0.15) is 0 Å². The molecule has 0 heterocycles. The SMILES string of the molecule is NC(Cc1ccccc1)C(=O)O.NCC(=O)O.O=C(O)Cc1cccc2ccccc12. The molecule has 1 atom stereocenters. The Labute approximate surface area is 179 Å². The van der Waals surface area contributed by atoms with Crippen LogP contribution in [0.1, 0.15) is 11.1 Å². The topological polar surface area (TPSA) is 164 Å². The molecular weight excluding hydrogens is 400 g/mol. The Morgan fingerprint density at radius 1 is 0.774 bits per heavy atom. The van der Waals surface area contributed by atoms with E-state index in [9.17, 15) is 14.4 Å². The third kappa shape index (κ3) is 10.0. The third-order valence-corrected chi connectivity index (χ3v) is 4.01. The number of hydrogen-bond donors (Lipinski definition) is 5. The molecule has 3 rings (SSSR count). The van der Waals surface area contributed by atoms with Crippen LogP contribution < -0.4 is 11.5 Å². The van der Waals surface area contributed by atoms with Gasteiger partial charge in [0.1, 0.15) is 6.04 Å². The second-order valence-electron chi connectivity index (χ2n) is 6.44. The number of nitrogens with two attached hydrogens (primary N) is 2. The maximum atomic E-state index is 10.6. The first-order chi connectivity index (χ1) is 14.7. The molecule has 0 bridgehead atoms. The van der Waals surface area contributed by atoms with E-state index < -0.39 is 23.9 Å². The van der Waals surface area contributed by atoms with Crippen molar-refractivity contribution in [2.24, 2.45) is 11.5 Å². The standard InChI is InChI=1S/C12H10O2.C9H11NO2.C2H5NO2/c13-12(14)8-10-6-3-5-9-4-1-2-7-11(9)10;10-8(9(11)12)6-7-4-2-1-3-5-7;3-1-2(4)5/h1-7H,8H2,(H,13,14);1-5,8H,6,10H2,(H,11,12);1,3H2,(H,4,5).